The third kappa shape index (κ3) is 24.9. The second-order valence-corrected chi connectivity index (χ2v) is 22.4. The number of carboxylic acid groups (broad SMARTS) is 1. The van der Waals surface area contributed by atoms with Crippen LogP contribution in [0.25, 0.3) is 0 Å². The fourth-order valence-corrected chi connectivity index (χ4v) is 9.43. The zero-order valence-electron chi connectivity index (χ0n) is 46.9. The fraction of sp³-hybridized carbons (Fsp3) is 0.528. The van der Waals surface area contributed by atoms with E-state index in [0.29, 0.717) is 16.9 Å². The lowest BCUT2D eigenvalue weighted by molar-refractivity contribution is -0.139. The smallest absolute Gasteiger partial charge is 0.303 e. The van der Waals surface area contributed by atoms with Crippen molar-refractivity contribution in [2.75, 3.05) is 30.1 Å². The highest BCUT2D eigenvalue weighted by Gasteiger charge is 2.36. The summed E-state index contributed by atoms with van der Waals surface area (Å²) in [6, 6.07) is -2.40. The Morgan fingerprint density at radius 3 is 1.55 bits per heavy atom. The molecule has 1 aliphatic rings. The summed E-state index contributed by atoms with van der Waals surface area (Å²) in [6.45, 7) is 7.06. The molecule has 0 spiro atoms. The summed E-state index contributed by atoms with van der Waals surface area (Å²) < 4.78 is 0. The number of primary amides is 2. The highest BCUT2D eigenvalue weighted by Crippen LogP contribution is 2.16. The van der Waals surface area contributed by atoms with Gasteiger partial charge in [-0.3, -0.25) is 62.3 Å². The molecule has 83 heavy (non-hydrogen) atoms. The molecule has 0 aromatic heterocycles. The molecule has 3 rings (SSSR count). The van der Waals surface area contributed by atoms with Crippen LogP contribution in [0.2, 0.25) is 0 Å². The van der Waals surface area contributed by atoms with Crippen molar-refractivity contribution >= 4 is 100 Å². The number of benzene rings is 2. The number of nitrogens with one attached hydrogen (secondary N) is 10. The number of hydrogen-bond donors (Lipinski definition) is 15. The number of carbonyl (C=O) groups excluding carboxylic acids is 12. The van der Waals surface area contributed by atoms with Gasteiger partial charge < -0.3 is 80.0 Å². The monoisotopic (exact) mass is 1200 g/mol. The maximum Gasteiger partial charge on any atom is 0.303 e. The van der Waals surface area contributed by atoms with Crippen molar-refractivity contribution in [2.24, 2.45) is 23.3 Å². The van der Waals surface area contributed by atoms with Gasteiger partial charge in [0.1, 0.15) is 65.9 Å². The summed E-state index contributed by atoms with van der Waals surface area (Å²) in [6.07, 6.45) is -0.989. The van der Waals surface area contributed by atoms with Gasteiger partial charge in [0.2, 0.25) is 70.9 Å². The Bertz CT molecular complexity index is 2650. The second kappa shape index (κ2) is 34.3. The molecule has 1 heterocycles. The van der Waals surface area contributed by atoms with Crippen LogP contribution in [0.15, 0.2) is 48.5 Å². The van der Waals surface area contributed by atoms with E-state index in [1.165, 1.54) is 81.1 Å². The van der Waals surface area contributed by atoms with Crippen molar-refractivity contribution in [3.05, 3.63) is 59.7 Å². The number of carbonyl (C=O) groups is 13. The quantitative estimate of drug-likeness (QED) is 0.0787. The third-order valence-electron chi connectivity index (χ3n) is 12.6. The zero-order valence-corrected chi connectivity index (χ0v) is 48.5. The van der Waals surface area contributed by atoms with Gasteiger partial charge >= 0.3 is 5.97 Å². The highest BCUT2D eigenvalue weighted by atomic mass is 32.2. The average molecular weight is 1200 g/mol. The van der Waals surface area contributed by atoms with Crippen LogP contribution in [0.1, 0.15) is 77.8 Å². The molecule has 2 aromatic carbocycles. The molecule has 1 aliphatic heterocycles. The average Bonchev–Trinajstić information content (AvgIpc) is 3.46. The summed E-state index contributed by atoms with van der Waals surface area (Å²) in [5.41, 5.74) is 12.0. The van der Waals surface area contributed by atoms with Gasteiger partial charge in [-0.15, -0.1) is 11.8 Å². The molecule has 9 atom stereocenters. The van der Waals surface area contributed by atoms with Gasteiger partial charge in [0.15, 0.2) is 0 Å². The minimum absolute atomic E-state index is 0.00947. The van der Waals surface area contributed by atoms with Crippen molar-refractivity contribution in [2.45, 2.75) is 134 Å². The molecule has 0 radical (unpaired) electrons. The predicted octanol–water partition coefficient (Wildman–Crippen LogP) is -3.19. The van der Waals surface area contributed by atoms with Crippen LogP contribution in [0, 0.1) is 11.8 Å². The van der Waals surface area contributed by atoms with Crippen LogP contribution in [-0.4, -0.2) is 177 Å². The third-order valence-corrected chi connectivity index (χ3v) is 14.2. The van der Waals surface area contributed by atoms with Crippen LogP contribution in [-0.2, 0) is 75.2 Å². The molecule has 456 valence electrons. The van der Waals surface area contributed by atoms with E-state index < -0.39 is 163 Å². The van der Waals surface area contributed by atoms with E-state index in [-0.39, 0.29) is 54.6 Å². The van der Waals surface area contributed by atoms with Gasteiger partial charge in [-0.1, -0.05) is 52.0 Å². The number of rotatable bonds is 16. The van der Waals surface area contributed by atoms with E-state index in [0.717, 1.165) is 11.8 Å². The van der Waals surface area contributed by atoms with E-state index in [9.17, 15) is 77.6 Å². The fourth-order valence-electron chi connectivity index (χ4n) is 8.09. The molecule has 30 heteroatoms. The van der Waals surface area contributed by atoms with Gasteiger partial charge in [0.05, 0.1) is 18.7 Å². The first-order chi connectivity index (χ1) is 39.1. The first kappa shape index (κ1) is 69.1. The number of aromatic hydroxyl groups is 2. The minimum Gasteiger partial charge on any atom is -0.508 e. The van der Waals surface area contributed by atoms with Crippen molar-refractivity contribution in [1.29, 1.82) is 0 Å². The molecule has 1 saturated heterocycles. The second-order valence-electron chi connectivity index (χ2n) is 20.4. The molecular weight excluding hydrogens is 1120 g/mol. The standard InChI is InChI=1S/C53H76N12O16S2/c1-26(2)19-35-49(77)62-36(20-29-7-11-31(66)12-8-29)50(78)59-33(15-16-43(71)72)47(75)63-38(22-40(54)68)52(80)65-44(27(3)4)53(81)56-23-41(69)58-34(17-18-82-6)48(76)61-37(21-30-9-13-32(67)14-10-30)51(79)64-39(45(55)73)24-83-25-42(70)57-28(5)46(74)60-35/h7-14,26-28,33-39,44,66-67H,15-25H2,1-6H3,(H2,54,68)(H2,55,73)(H,56,81)(H,57,70)(H,58,69)(H,59,78)(H,60,74)(H,61,76)(H,62,77)(H,63,75)(H,64,79)(H,65,80)(H,71,72)/t28-,33-,34-,35-,36-,37-,38-,39-,44-/m0/s1. The van der Waals surface area contributed by atoms with Gasteiger partial charge in [0, 0.05) is 25.0 Å². The summed E-state index contributed by atoms with van der Waals surface area (Å²) in [7, 11) is 0. The first-order valence-electron chi connectivity index (χ1n) is 26.5. The van der Waals surface area contributed by atoms with Gasteiger partial charge in [0.25, 0.3) is 0 Å². The first-order valence-corrected chi connectivity index (χ1v) is 29.0. The number of aliphatic carboxylic acids is 1. The summed E-state index contributed by atoms with van der Waals surface area (Å²) >= 11 is 2.17. The molecule has 28 nitrogen and oxygen atoms in total. The summed E-state index contributed by atoms with van der Waals surface area (Å²) in [4.78, 5) is 176. The Balaban J connectivity index is 2.12. The van der Waals surface area contributed by atoms with Crippen molar-refractivity contribution < 1.29 is 77.6 Å². The predicted molar refractivity (Wildman–Crippen MR) is 304 cm³/mol. The van der Waals surface area contributed by atoms with E-state index in [4.69, 9.17) is 11.5 Å². The molecule has 0 aliphatic carbocycles. The SMILES string of the molecule is CSCC[C@@H]1NC(=O)CNC(=O)[C@H](C(C)C)NC(=O)[C@H](CC(N)=O)NC(=O)[C@H](CCC(=O)O)NC(=O)[C@H](Cc2ccc(O)cc2)NC(=O)[C@H](CC(C)C)NC(=O)[C@H](C)NC(=O)CSC[C@@H](C(N)=O)NC(=O)[C@H](Cc2ccc(O)cc2)NC1=O. The van der Waals surface area contributed by atoms with E-state index in [1.807, 2.05) is 0 Å². The van der Waals surface area contributed by atoms with Crippen molar-refractivity contribution in [3.8, 4) is 11.5 Å². The largest absolute Gasteiger partial charge is 0.508 e. The Morgan fingerprint density at radius 1 is 0.590 bits per heavy atom. The minimum atomic E-state index is -1.85. The van der Waals surface area contributed by atoms with Gasteiger partial charge in [-0.2, -0.15) is 11.8 Å². The van der Waals surface area contributed by atoms with Gasteiger partial charge in [-0.05, 0) is 85.4 Å². The van der Waals surface area contributed by atoms with Crippen LogP contribution in [0.3, 0.4) is 0 Å². The molecule has 0 unspecified atom stereocenters. The lowest BCUT2D eigenvalue weighted by Gasteiger charge is -2.28. The normalized spacial score (nSPS) is 24.0. The van der Waals surface area contributed by atoms with Crippen LogP contribution >= 0.6 is 23.5 Å². The molecule has 2 aromatic rings. The topological polar surface area (TPSA) is 455 Å². The number of hydrogen-bond acceptors (Lipinski definition) is 17. The summed E-state index contributed by atoms with van der Waals surface area (Å²) in [5.74, 6) is -14.6. The molecule has 0 saturated carbocycles. The number of carboxylic acids is 1. The highest BCUT2D eigenvalue weighted by molar-refractivity contribution is 8.00. The number of amides is 12. The maximum atomic E-state index is 14.3. The van der Waals surface area contributed by atoms with Crippen LogP contribution < -0.4 is 64.6 Å². The van der Waals surface area contributed by atoms with E-state index >= 15 is 0 Å². The molecule has 17 N–H and O–H groups in total. The van der Waals surface area contributed by atoms with Crippen molar-refractivity contribution in [1.82, 2.24) is 53.2 Å². The number of nitrogens with two attached hydrogens (primary N) is 2. The maximum absolute atomic E-state index is 14.3. The van der Waals surface area contributed by atoms with Crippen molar-refractivity contribution in [3.63, 3.8) is 0 Å². The van der Waals surface area contributed by atoms with Crippen LogP contribution in [0.5, 0.6) is 11.5 Å². The number of phenols is 2. The summed E-state index contributed by atoms with van der Waals surface area (Å²) in [5, 5.41) is 54.3. The molecular formula is C53H76N12O16S2. The molecule has 1 fully saturated rings. The molecule has 0 bridgehead atoms. The number of phenolic OH excluding ortho intramolecular Hbond substituents is 2. The Morgan fingerprint density at radius 2 is 1.06 bits per heavy atom. The number of thioether (sulfide) groups is 2. The Kier molecular flexibility index (Phi) is 28.6. The lowest BCUT2D eigenvalue weighted by atomic mass is 10.00. The van der Waals surface area contributed by atoms with E-state index in [2.05, 4.69) is 53.2 Å². The molecule has 12 amide bonds. The van der Waals surface area contributed by atoms with Gasteiger partial charge in [-0.25, -0.2) is 0 Å². The lowest BCUT2D eigenvalue weighted by Crippen LogP contribution is -2.61. The Hall–Kier alpha value is -8.15. The Labute approximate surface area is 487 Å². The zero-order chi connectivity index (χ0) is 62.1. The van der Waals surface area contributed by atoms with E-state index in [1.54, 1.807) is 20.1 Å². The van der Waals surface area contributed by atoms with Crippen LogP contribution in [0.4, 0.5) is 0 Å².